The van der Waals surface area contributed by atoms with E-state index in [9.17, 15) is 18.0 Å². The predicted molar refractivity (Wildman–Crippen MR) is 171 cm³/mol. The van der Waals surface area contributed by atoms with Crippen LogP contribution in [0.4, 0.5) is 5.69 Å². The molecule has 0 saturated heterocycles. The first-order valence-corrected chi connectivity index (χ1v) is 16.0. The van der Waals surface area contributed by atoms with Crippen molar-refractivity contribution in [3.05, 3.63) is 77.9 Å². The van der Waals surface area contributed by atoms with E-state index in [1.807, 2.05) is 52.0 Å². The van der Waals surface area contributed by atoms with Crippen LogP contribution in [0.3, 0.4) is 0 Å². The van der Waals surface area contributed by atoms with Gasteiger partial charge in [0.1, 0.15) is 18.3 Å². The molecule has 0 aliphatic rings. The lowest BCUT2D eigenvalue weighted by Gasteiger charge is -2.32. The van der Waals surface area contributed by atoms with Crippen molar-refractivity contribution in [3.8, 4) is 17.2 Å². The van der Waals surface area contributed by atoms with Crippen molar-refractivity contribution >= 4 is 27.5 Å². The number of hydrogen-bond acceptors (Lipinski definition) is 7. The summed E-state index contributed by atoms with van der Waals surface area (Å²) in [6, 6.07) is 17.4. The highest BCUT2D eigenvalue weighted by atomic mass is 32.2. The van der Waals surface area contributed by atoms with Crippen LogP contribution in [0.25, 0.3) is 0 Å². The van der Waals surface area contributed by atoms with Crippen LogP contribution in [0.15, 0.2) is 71.6 Å². The Morgan fingerprint density at radius 2 is 1.57 bits per heavy atom. The number of nitrogens with zero attached hydrogens (tertiary/aromatic N) is 2. The van der Waals surface area contributed by atoms with Crippen LogP contribution in [-0.4, -0.2) is 65.1 Å². The SMILES string of the molecule is CCOc1ccc(N(CC(=O)N(Cc2ccccc2C)[C@H](C)C(=O)NCC(C)C)S(=O)(=O)c2ccc(OC)c(OC)c2)cc1. The minimum Gasteiger partial charge on any atom is -0.494 e. The molecular formula is C33H43N3O7S. The van der Waals surface area contributed by atoms with E-state index in [0.29, 0.717) is 24.7 Å². The molecule has 0 aliphatic carbocycles. The fourth-order valence-electron chi connectivity index (χ4n) is 4.51. The lowest BCUT2D eigenvalue weighted by Crippen LogP contribution is -2.51. The highest BCUT2D eigenvalue weighted by Crippen LogP contribution is 2.33. The molecule has 3 aromatic carbocycles. The number of sulfonamides is 1. The summed E-state index contributed by atoms with van der Waals surface area (Å²) >= 11 is 0. The van der Waals surface area contributed by atoms with Gasteiger partial charge < -0.3 is 24.4 Å². The topological polar surface area (TPSA) is 114 Å². The second-order valence-electron chi connectivity index (χ2n) is 10.7. The Morgan fingerprint density at radius 3 is 2.16 bits per heavy atom. The van der Waals surface area contributed by atoms with Crippen molar-refractivity contribution in [3.63, 3.8) is 0 Å². The van der Waals surface area contributed by atoms with Crippen molar-refractivity contribution in [1.82, 2.24) is 10.2 Å². The van der Waals surface area contributed by atoms with Crippen molar-refractivity contribution in [1.29, 1.82) is 0 Å². The van der Waals surface area contributed by atoms with Gasteiger partial charge >= 0.3 is 0 Å². The summed E-state index contributed by atoms with van der Waals surface area (Å²) in [5, 5.41) is 2.90. The third-order valence-corrected chi connectivity index (χ3v) is 8.88. The summed E-state index contributed by atoms with van der Waals surface area (Å²) in [5.41, 5.74) is 2.05. The fraction of sp³-hybridized carbons (Fsp3) is 0.394. The highest BCUT2D eigenvalue weighted by Gasteiger charge is 2.33. The van der Waals surface area contributed by atoms with Crippen LogP contribution < -0.4 is 23.8 Å². The van der Waals surface area contributed by atoms with E-state index in [2.05, 4.69) is 5.32 Å². The van der Waals surface area contributed by atoms with Crippen LogP contribution in [-0.2, 0) is 26.2 Å². The molecule has 0 saturated carbocycles. The highest BCUT2D eigenvalue weighted by molar-refractivity contribution is 7.92. The van der Waals surface area contributed by atoms with Crippen LogP contribution in [0.5, 0.6) is 17.2 Å². The summed E-state index contributed by atoms with van der Waals surface area (Å²) in [4.78, 5) is 28.7. The predicted octanol–water partition coefficient (Wildman–Crippen LogP) is 4.80. The smallest absolute Gasteiger partial charge is 0.264 e. The number of aryl methyl sites for hydroxylation is 1. The number of hydrogen-bond donors (Lipinski definition) is 1. The van der Waals surface area contributed by atoms with Gasteiger partial charge in [0.05, 0.1) is 31.4 Å². The molecule has 0 fully saturated rings. The number of anilines is 1. The molecule has 1 N–H and O–H groups in total. The van der Waals surface area contributed by atoms with Crippen LogP contribution in [0, 0.1) is 12.8 Å². The zero-order valence-electron chi connectivity index (χ0n) is 26.5. The van der Waals surface area contributed by atoms with Crippen LogP contribution in [0.2, 0.25) is 0 Å². The van der Waals surface area contributed by atoms with Gasteiger partial charge in [0.2, 0.25) is 11.8 Å². The van der Waals surface area contributed by atoms with Crippen LogP contribution >= 0.6 is 0 Å². The minimum absolute atomic E-state index is 0.0926. The average Bonchev–Trinajstić information content (AvgIpc) is 3.01. The zero-order valence-corrected chi connectivity index (χ0v) is 27.3. The molecule has 44 heavy (non-hydrogen) atoms. The van der Waals surface area contributed by atoms with Gasteiger partial charge in [-0.1, -0.05) is 38.1 Å². The molecule has 0 aromatic heterocycles. The third kappa shape index (κ3) is 8.43. The summed E-state index contributed by atoms with van der Waals surface area (Å²) in [7, 11) is -1.43. The van der Waals surface area contributed by atoms with Gasteiger partial charge in [0.15, 0.2) is 11.5 Å². The number of benzene rings is 3. The zero-order chi connectivity index (χ0) is 32.4. The van der Waals surface area contributed by atoms with E-state index in [4.69, 9.17) is 14.2 Å². The summed E-state index contributed by atoms with van der Waals surface area (Å²) in [6.45, 7) is 9.84. The molecule has 1 atom stereocenters. The Bertz CT molecular complexity index is 1520. The Morgan fingerprint density at radius 1 is 0.909 bits per heavy atom. The average molecular weight is 626 g/mol. The number of nitrogens with one attached hydrogen (secondary N) is 1. The second kappa shape index (κ2) is 15.5. The number of amides is 2. The Kier molecular flexibility index (Phi) is 12.0. The molecule has 10 nitrogen and oxygen atoms in total. The molecule has 0 radical (unpaired) electrons. The molecule has 11 heteroatoms. The molecule has 3 aromatic rings. The first-order chi connectivity index (χ1) is 20.9. The maximum Gasteiger partial charge on any atom is 0.264 e. The summed E-state index contributed by atoms with van der Waals surface area (Å²) < 4.78 is 45.6. The lowest BCUT2D eigenvalue weighted by molar-refractivity contribution is -0.139. The molecule has 0 bridgehead atoms. The molecule has 238 valence electrons. The van der Waals surface area contributed by atoms with E-state index in [1.54, 1.807) is 31.2 Å². The van der Waals surface area contributed by atoms with Gasteiger partial charge in [-0.15, -0.1) is 0 Å². The quantitative estimate of drug-likeness (QED) is 0.258. The monoisotopic (exact) mass is 625 g/mol. The van der Waals surface area contributed by atoms with E-state index < -0.39 is 28.5 Å². The number of rotatable bonds is 15. The largest absolute Gasteiger partial charge is 0.494 e. The lowest BCUT2D eigenvalue weighted by atomic mass is 10.1. The van der Waals surface area contributed by atoms with E-state index in [-0.39, 0.29) is 34.7 Å². The Hall–Kier alpha value is -4.25. The summed E-state index contributed by atoms with van der Waals surface area (Å²) in [6.07, 6.45) is 0. The van der Waals surface area contributed by atoms with Gasteiger partial charge in [0, 0.05) is 19.2 Å². The van der Waals surface area contributed by atoms with Crippen LogP contribution in [0.1, 0.15) is 38.8 Å². The first-order valence-electron chi connectivity index (χ1n) is 14.5. The minimum atomic E-state index is -4.30. The number of ether oxygens (including phenoxy) is 3. The van der Waals surface area contributed by atoms with Gasteiger partial charge in [-0.2, -0.15) is 0 Å². The maximum absolute atomic E-state index is 14.2. The molecule has 0 spiro atoms. The Balaban J connectivity index is 2.08. The number of carbonyl (C=O) groups is 2. The van der Waals surface area contributed by atoms with E-state index in [1.165, 1.54) is 37.3 Å². The van der Waals surface area contributed by atoms with Crippen molar-refractivity contribution < 1.29 is 32.2 Å². The normalized spacial score (nSPS) is 11.9. The molecule has 0 aliphatic heterocycles. The molecular weight excluding hydrogens is 582 g/mol. The van der Waals surface area contributed by atoms with Crippen molar-refractivity contribution in [2.24, 2.45) is 5.92 Å². The van der Waals surface area contributed by atoms with E-state index >= 15 is 0 Å². The molecule has 3 rings (SSSR count). The van der Waals surface area contributed by atoms with Crippen molar-refractivity contribution in [2.75, 3.05) is 38.2 Å². The number of carbonyl (C=O) groups excluding carboxylic acids is 2. The fourth-order valence-corrected chi connectivity index (χ4v) is 5.94. The first kappa shape index (κ1) is 34.2. The maximum atomic E-state index is 14.2. The molecule has 0 unspecified atom stereocenters. The Labute approximate surface area is 261 Å². The van der Waals surface area contributed by atoms with Gasteiger partial charge in [0.25, 0.3) is 10.0 Å². The number of methoxy groups -OCH3 is 2. The summed E-state index contributed by atoms with van der Waals surface area (Å²) in [5.74, 6) is 0.495. The van der Waals surface area contributed by atoms with Crippen molar-refractivity contribution in [2.45, 2.75) is 52.1 Å². The van der Waals surface area contributed by atoms with Gasteiger partial charge in [-0.3, -0.25) is 13.9 Å². The molecule has 0 heterocycles. The van der Waals surface area contributed by atoms with Gasteiger partial charge in [-0.05, 0) is 74.2 Å². The van der Waals surface area contributed by atoms with Gasteiger partial charge in [-0.25, -0.2) is 8.42 Å². The second-order valence-corrected chi connectivity index (χ2v) is 12.6. The third-order valence-electron chi connectivity index (χ3n) is 7.11. The standard InChI is InChI=1S/C33H43N3O7S/c1-8-43-28-15-13-27(14-16-28)36(44(39,40)29-17-18-30(41-6)31(19-29)42-7)22-32(37)35(21-26-12-10-9-11-24(26)4)25(5)33(38)34-20-23(2)3/h9-19,23,25H,8,20-22H2,1-7H3,(H,34,38)/t25-/m1/s1. The molecule has 2 amide bonds. The van der Waals surface area contributed by atoms with E-state index in [0.717, 1.165) is 15.4 Å².